The lowest BCUT2D eigenvalue weighted by atomic mass is 10.2. The molecule has 0 fully saturated rings. The maximum absolute atomic E-state index is 11.5. The molecule has 5 nitrogen and oxygen atoms in total. The molecule has 0 saturated heterocycles. The van der Waals surface area contributed by atoms with Gasteiger partial charge in [-0.1, -0.05) is 42.5 Å². The minimum atomic E-state index is -4.44. The highest BCUT2D eigenvalue weighted by Gasteiger charge is 2.18. The molecular weight excluding hydrogens is 276 g/mol. The van der Waals surface area contributed by atoms with Crippen LogP contribution >= 0.6 is 0 Å². The molecule has 6 heteroatoms. The quantitative estimate of drug-likeness (QED) is 0.669. The number of hydrogen-bond acceptors (Lipinski definition) is 3. The van der Waals surface area contributed by atoms with E-state index in [0.29, 0.717) is 0 Å². The highest BCUT2D eigenvalue weighted by atomic mass is 32.2. The van der Waals surface area contributed by atoms with Crippen molar-refractivity contribution in [3.05, 3.63) is 66.4 Å². The standard InChI is InChI=1S/C14H14N2O3S/c15-13-8-4-5-9-14(13)16(20(17,18)19)11-10-12-6-2-1-3-7-12/h1-11H,15H2,(H,17,18,19). The fourth-order valence-corrected chi connectivity index (χ4v) is 2.32. The Morgan fingerprint density at radius 3 is 2.20 bits per heavy atom. The maximum atomic E-state index is 11.5. The van der Waals surface area contributed by atoms with Crippen molar-refractivity contribution in [3.63, 3.8) is 0 Å². The van der Waals surface area contributed by atoms with Gasteiger partial charge in [0, 0.05) is 6.20 Å². The van der Waals surface area contributed by atoms with Gasteiger partial charge in [-0.2, -0.15) is 8.42 Å². The molecule has 2 aromatic rings. The molecule has 0 aromatic heterocycles. The van der Waals surface area contributed by atoms with Gasteiger partial charge in [-0.3, -0.25) is 4.55 Å². The Morgan fingerprint density at radius 2 is 1.60 bits per heavy atom. The summed E-state index contributed by atoms with van der Waals surface area (Å²) in [7, 11) is -4.44. The van der Waals surface area contributed by atoms with Crippen LogP contribution in [-0.4, -0.2) is 13.0 Å². The van der Waals surface area contributed by atoms with Gasteiger partial charge in [0.25, 0.3) is 0 Å². The van der Waals surface area contributed by atoms with Crippen molar-refractivity contribution in [3.8, 4) is 0 Å². The summed E-state index contributed by atoms with van der Waals surface area (Å²) in [5.74, 6) is 0. The average molecular weight is 290 g/mol. The largest absolute Gasteiger partial charge is 0.397 e. The van der Waals surface area contributed by atoms with Crippen LogP contribution < -0.4 is 10.0 Å². The molecule has 2 rings (SSSR count). The Bertz CT molecular complexity index is 712. The second kappa shape index (κ2) is 5.77. The molecule has 0 aliphatic carbocycles. The number of nitrogens with zero attached hydrogens (tertiary/aromatic N) is 1. The van der Waals surface area contributed by atoms with Crippen LogP contribution in [0, 0.1) is 0 Å². The minimum Gasteiger partial charge on any atom is -0.397 e. The van der Waals surface area contributed by atoms with Crippen LogP contribution in [0.25, 0.3) is 6.08 Å². The summed E-state index contributed by atoms with van der Waals surface area (Å²) in [5.41, 5.74) is 6.99. The Balaban J connectivity index is 2.41. The third kappa shape index (κ3) is 3.37. The highest BCUT2D eigenvalue weighted by Crippen LogP contribution is 2.25. The summed E-state index contributed by atoms with van der Waals surface area (Å²) in [6.07, 6.45) is 2.83. The van der Waals surface area contributed by atoms with Gasteiger partial charge in [-0.25, -0.2) is 4.31 Å². The van der Waals surface area contributed by atoms with Crippen LogP contribution in [0.4, 0.5) is 11.4 Å². The predicted octanol–water partition coefficient (Wildman–Crippen LogP) is 2.55. The van der Waals surface area contributed by atoms with Gasteiger partial charge in [-0.05, 0) is 23.8 Å². The normalized spacial score (nSPS) is 11.7. The molecule has 0 aliphatic heterocycles. The van der Waals surface area contributed by atoms with E-state index in [-0.39, 0.29) is 11.4 Å². The lowest BCUT2D eigenvalue weighted by Crippen LogP contribution is -2.25. The van der Waals surface area contributed by atoms with Gasteiger partial charge in [0.15, 0.2) is 0 Å². The third-order valence-corrected chi connectivity index (χ3v) is 3.44. The van der Waals surface area contributed by atoms with Crippen LogP contribution in [-0.2, 0) is 10.3 Å². The van der Waals surface area contributed by atoms with Gasteiger partial charge in [0.2, 0.25) is 0 Å². The van der Waals surface area contributed by atoms with E-state index in [2.05, 4.69) is 0 Å². The van der Waals surface area contributed by atoms with Gasteiger partial charge >= 0.3 is 10.3 Å². The Labute approximate surface area is 117 Å². The Kier molecular flexibility index (Phi) is 4.07. The molecule has 2 aromatic carbocycles. The molecule has 0 unspecified atom stereocenters. The maximum Gasteiger partial charge on any atom is 0.363 e. The molecule has 0 amide bonds. The van der Waals surface area contributed by atoms with Crippen molar-refractivity contribution >= 4 is 27.8 Å². The van der Waals surface area contributed by atoms with Crippen LogP contribution in [0.1, 0.15) is 5.56 Å². The average Bonchev–Trinajstić information content (AvgIpc) is 2.41. The smallest absolute Gasteiger partial charge is 0.363 e. The van der Waals surface area contributed by atoms with E-state index in [0.717, 1.165) is 9.87 Å². The van der Waals surface area contributed by atoms with E-state index in [4.69, 9.17) is 5.73 Å². The van der Waals surface area contributed by atoms with Crippen LogP contribution in [0.15, 0.2) is 60.8 Å². The topological polar surface area (TPSA) is 83.6 Å². The first-order chi connectivity index (χ1) is 9.48. The molecular formula is C14H14N2O3S. The van der Waals surface area contributed by atoms with Crippen molar-refractivity contribution < 1.29 is 13.0 Å². The summed E-state index contributed by atoms with van der Waals surface area (Å²) in [4.78, 5) is 0. The van der Waals surface area contributed by atoms with E-state index >= 15 is 0 Å². The van der Waals surface area contributed by atoms with Gasteiger partial charge < -0.3 is 5.73 Å². The van der Waals surface area contributed by atoms with Crippen LogP contribution in [0.5, 0.6) is 0 Å². The molecule has 20 heavy (non-hydrogen) atoms. The number of benzene rings is 2. The number of anilines is 2. The Morgan fingerprint density at radius 1 is 1.00 bits per heavy atom. The fourth-order valence-electron chi connectivity index (χ4n) is 1.69. The van der Waals surface area contributed by atoms with Crippen LogP contribution in [0.2, 0.25) is 0 Å². The minimum absolute atomic E-state index is 0.196. The summed E-state index contributed by atoms with van der Waals surface area (Å²) in [5, 5.41) is 0. The van der Waals surface area contributed by atoms with Crippen molar-refractivity contribution in [1.29, 1.82) is 0 Å². The number of rotatable bonds is 4. The second-order valence-electron chi connectivity index (χ2n) is 4.06. The summed E-state index contributed by atoms with van der Waals surface area (Å²) in [6, 6.07) is 15.5. The lowest BCUT2D eigenvalue weighted by molar-refractivity contribution is 0.483. The predicted molar refractivity (Wildman–Crippen MR) is 80.4 cm³/mol. The second-order valence-corrected chi connectivity index (χ2v) is 5.35. The first kappa shape index (κ1) is 14.1. The molecule has 0 radical (unpaired) electrons. The fraction of sp³-hybridized carbons (Fsp3) is 0. The molecule has 0 aliphatic rings. The molecule has 3 N–H and O–H groups in total. The van der Waals surface area contributed by atoms with E-state index in [1.807, 2.05) is 30.3 Å². The van der Waals surface area contributed by atoms with Gasteiger partial charge in [0.1, 0.15) is 0 Å². The summed E-state index contributed by atoms with van der Waals surface area (Å²) < 4.78 is 33.0. The third-order valence-electron chi connectivity index (χ3n) is 2.62. The zero-order valence-electron chi connectivity index (χ0n) is 10.5. The zero-order chi connectivity index (χ0) is 14.6. The molecule has 0 saturated carbocycles. The molecule has 0 spiro atoms. The van der Waals surface area contributed by atoms with Crippen molar-refractivity contribution in [1.82, 2.24) is 0 Å². The first-order valence-electron chi connectivity index (χ1n) is 5.83. The molecule has 0 bridgehead atoms. The first-order valence-corrected chi connectivity index (χ1v) is 7.23. The number of para-hydroxylation sites is 2. The zero-order valence-corrected chi connectivity index (χ0v) is 11.4. The Hall–Kier alpha value is -2.31. The lowest BCUT2D eigenvalue weighted by Gasteiger charge is -2.18. The van der Waals surface area contributed by atoms with Gasteiger partial charge in [0.05, 0.1) is 11.4 Å². The van der Waals surface area contributed by atoms with E-state index < -0.39 is 10.3 Å². The number of nitrogen functional groups attached to an aromatic ring is 1. The van der Waals surface area contributed by atoms with Crippen LogP contribution in [0.3, 0.4) is 0 Å². The highest BCUT2D eigenvalue weighted by molar-refractivity contribution is 7.87. The molecule has 104 valence electrons. The van der Waals surface area contributed by atoms with Gasteiger partial charge in [-0.15, -0.1) is 0 Å². The number of hydrogen-bond donors (Lipinski definition) is 2. The van der Waals surface area contributed by atoms with Crippen molar-refractivity contribution in [2.24, 2.45) is 0 Å². The molecule has 0 heterocycles. The monoisotopic (exact) mass is 290 g/mol. The summed E-state index contributed by atoms with van der Waals surface area (Å²) in [6.45, 7) is 0. The van der Waals surface area contributed by atoms with E-state index in [1.165, 1.54) is 12.3 Å². The number of nitrogens with two attached hydrogens (primary N) is 1. The molecule has 0 atom stereocenters. The van der Waals surface area contributed by atoms with E-state index in [9.17, 15) is 13.0 Å². The van der Waals surface area contributed by atoms with Crippen molar-refractivity contribution in [2.75, 3.05) is 10.0 Å². The SMILES string of the molecule is Nc1ccccc1N(C=Cc1ccccc1)S(=O)(=O)O. The van der Waals surface area contributed by atoms with Crippen molar-refractivity contribution in [2.45, 2.75) is 0 Å². The summed E-state index contributed by atoms with van der Waals surface area (Å²) >= 11 is 0. The van der Waals surface area contributed by atoms with E-state index in [1.54, 1.807) is 24.3 Å².